The number of fused-ring (bicyclic) bond motifs is 1. The Morgan fingerprint density at radius 2 is 1.94 bits per heavy atom. The predicted octanol–water partition coefficient (Wildman–Crippen LogP) is 2.98. The molecule has 0 aliphatic carbocycles. The lowest BCUT2D eigenvalue weighted by molar-refractivity contribution is -0.384. The van der Waals surface area contributed by atoms with Crippen LogP contribution >= 0.6 is 0 Å². The number of hydrogen-bond acceptors (Lipinski definition) is 9. The number of hydrogen-bond donors (Lipinski definition) is 1. The van der Waals surface area contributed by atoms with E-state index in [1.54, 1.807) is 35.1 Å². The molecule has 11 nitrogen and oxygen atoms in total. The zero-order valence-electron chi connectivity index (χ0n) is 19.5. The fourth-order valence-corrected chi connectivity index (χ4v) is 3.82. The van der Waals surface area contributed by atoms with Crippen molar-refractivity contribution in [1.29, 1.82) is 0 Å². The van der Waals surface area contributed by atoms with Crippen molar-refractivity contribution < 1.29 is 9.66 Å². The molecule has 0 aliphatic rings. The molecule has 0 atom stereocenters. The minimum absolute atomic E-state index is 0.132. The van der Waals surface area contributed by atoms with Crippen molar-refractivity contribution in [1.82, 2.24) is 24.6 Å². The zero-order valence-corrected chi connectivity index (χ0v) is 19.5. The van der Waals surface area contributed by atoms with Crippen LogP contribution in [0.25, 0.3) is 28.1 Å². The van der Waals surface area contributed by atoms with Crippen LogP contribution in [0, 0.1) is 10.1 Å². The average Bonchev–Trinajstić information content (AvgIpc) is 3.26. The largest absolute Gasteiger partial charge is 0.494 e. The van der Waals surface area contributed by atoms with Gasteiger partial charge in [0.05, 0.1) is 35.0 Å². The van der Waals surface area contributed by atoms with Crippen LogP contribution in [0.15, 0.2) is 48.8 Å². The predicted molar refractivity (Wildman–Crippen MR) is 132 cm³/mol. The Bertz CT molecular complexity index is 1350. The van der Waals surface area contributed by atoms with Crippen LogP contribution in [-0.2, 0) is 0 Å². The summed E-state index contributed by atoms with van der Waals surface area (Å²) in [7, 11) is 7.13. The Morgan fingerprint density at radius 1 is 1.18 bits per heavy atom. The highest BCUT2D eigenvalue weighted by atomic mass is 16.6. The summed E-state index contributed by atoms with van der Waals surface area (Å²) in [5.41, 5.74) is 7.73. The first-order valence-electron chi connectivity index (χ1n) is 10.6. The van der Waals surface area contributed by atoms with Crippen molar-refractivity contribution in [2.24, 2.45) is 0 Å². The molecule has 2 aromatic carbocycles. The molecule has 0 unspecified atom stereocenters. The molecule has 4 rings (SSSR count). The van der Waals surface area contributed by atoms with E-state index in [4.69, 9.17) is 15.5 Å². The molecule has 2 N–H and O–H groups in total. The Kier molecular flexibility index (Phi) is 6.28. The van der Waals surface area contributed by atoms with Crippen molar-refractivity contribution in [3.05, 3.63) is 58.9 Å². The van der Waals surface area contributed by atoms with E-state index in [9.17, 15) is 10.1 Å². The third-order valence-electron chi connectivity index (χ3n) is 5.48. The van der Waals surface area contributed by atoms with Gasteiger partial charge in [-0.15, -0.1) is 0 Å². The van der Waals surface area contributed by atoms with Crippen LogP contribution in [-0.4, -0.2) is 70.9 Å². The van der Waals surface area contributed by atoms with E-state index in [2.05, 4.69) is 10.1 Å². The van der Waals surface area contributed by atoms with Crippen LogP contribution in [0.5, 0.6) is 5.75 Å². The number of nitro groups is 1. The number of benzene rings is 2. The number of nitrogens with two attached hydrogens (primary N) is 1. The van der Waals surface area contributed by atoms with Gasteiger partial charge in [-0.1, -0.05) is 18.2 Å². The summed E-state index contributed by atoms with van der Waals surface area (Å²) in [6.45, 7) is 1.21. The van der Waals surface area contributed by atoms with E-state index in [1.165, 1.54) is 13.2 Å². The van der Waals surface area contributed by atoms with Gasteiger partial charge in [-0.2, -0.15) is 5.10 Å². The summed E-state index contributed by atoms with van der Waals surface area (Å²) in [6.07, 6.45) is 3.34. The minimum atomic E-state index is -0.453. The van der Waals surface area contributed by atoms with Crippen LogP contribution in [0.3, 0.4) is 0 Å². The summed E-state index contributed by atoms with van der Waals surface area (Å²) >= 11 is 0. The summed E-state index contributed by atoms with van der Waals surface area (Å²) in [5, 5.41) is 17.4. The second-order valence-electron chi connectivity index (χ2n) is 8.08. The highest BCUT2D eigenvalue weighted by Gasteiger charge is 2.30. The van der Waals surface area contributed by atoms with Crippen LogP contribution < -0.4 is 15.4 Å². The molecule has 2 heterocycles. The fourth-order valence-electron chi connectivity index (χ4n) is 3.82. The average molecular weight is 463 g/mol. The van der Waals surface area contributed by atoms with E-state index in [1.807, 2.05) is 43.3 Å². The van der Waals surface area contributed by atoms with Crippen molar-refractivity contribution in [3.8, 4) is 23.0 Å². The second-order valence-corrected chi connectivity index (χ2v) is 8.08. The fraction of sp³-hybridized carbons (Fsp3) is 0.261. The van der Waals surface area contributed by atoms with Crippen molar-refractivity contribution in [2.45, 2.75) is 0 Å². The molecular weight excluding hydrogens is 436 g/mol. The van der Waals surface area contributed by atoms with E-state index >= 15 is 0 Å². The summed E-state index contributed by atoms with van der Waals surface area (Å²) in [4.78, 5) is 24.5. The highest BCUT2D eigenvalue weighted by molar-refractivity contribution is 5.92. The SMILES string of the molecule is COc1c(N)cc([N+](=O)[O-])c(N(C)CCN(C)C)c1-c1nccc(-n2ncc3ccccc32)n1. The Labute approximate surface area is 196 Å². The first kappa shape index (κ1) is 22.9. The molecule has 0 saturated heterocycles. The summed E-state index contributed by atoms with van der Waals surface area (Å²) in [5.74, 6) is 1.04. The number of anilines is 2. The number of methoxy groups -OCH3 is 1. The van der Waals surface area contributed by atoms with Gasteiger partial charge in [0.1, 0.15) is 5.69 Å². The number of likely N-dealkylation sites (N-methyl/N-ethyl adjacent to an activating group) is 2. The van der Waals surface area contributed by atoms with E-state index < -0.39 is 4.92 Å². The van der Waals surface area contributed by atoms with Gasteiger partial charge in [-0.05, 0) is 20.2 Å². The van der Waals surface area contributed by atoms with Gasteiger partial charge >= 0.3 is 0 Å². The molecule has 4 aromatic rings. The van der Waals surface area contributed by atoms with Crippen LogP contribution in [0.2, 0.25) is 0 Å². The van der Waals surface area contributed by atoms with Gasteiger partial charge in [-0.25, -0.2) is 14.6 Å². The van der Waals surface area contributed by atoms with Gasteiger partial charge in [0, 0.05) is 43.9 Å². The summed E-state index contributed by atoms with van der Waals surface area (Å²) < 4.78 is 7.29. The Hall–Kier alpha value is -4.25. The number of ether oxygens (including phenoxy) is 1. The van der Waals surface area contributed by atoms with Gasteiger partial charge in [0.15, 0.2) is 17.4 Å². The Morgan fingerprint density at radius 3 is 2.65 bits per heavy atom. The van der Waals surface area contributed by atoms with Gasteiger partial charge in [0.25, 0.3) is 5.69 Å². The lowest BCUT2D eigenvalue weighted by Gasteiger charge is -2.25. The summed E-state index contributed by atoms with van der Waals surface area (Å²) in [6, 6.07) is 10.8. The molecule has 2 aromatic heterocycles. The molecule has 0 radical (unpaired) electrons. The smallest absolute Gasteiger partial charge is 0.295 e. The first-order valence-corrected chi connectivity index (χ1v) is 10.6. The molecule has 0 saturated carbocycles. The molecule has 0 amide bonds. The minimum Gasteiger partial charge on any atom is -0.494 e. The molecule has 176 valence electrons. The highest BCUT2D eigenvalue weighted by Crippen LogP contribution is 2.46. The van der Waals surface area contributed by atoms with Crippen molar-refractivity contribution in [2.75, 3.05) is 52.0 Å². The molecular formula is C23H26N8O3. The van der Waals surface area contributed by atoms with Gasteiger partial charge in [-0.3, -0.25) is 10.1 Å². The van der Waals surface area contributed by atoms with Gasteiger partial charge in [0.2, 0.25) is 0 Å². The third-order valence-corrected chi connectivity index (χ3v) is 5.48. The van der Waals surface area contributed by atoms with Crippen molar-refractivity contribution in [3.63, 3.8) is 0 Å². The molecule has 0 aliphatic heterocycles. The zero-order chi connectivity index (χ0) is 24.4. The molecule has 0 spiro atoms. The lowest BCUT2D eigenvalue weighted by Crippen LogP contribution is -2.29. The first-order chi connectivity index (χ1) is 16.3. The number of para-hydroxylation sites is 1. The third kappa shape index (κ3) is 4.20. The quantitative estimate of drug-likeness (QED) is 0.239. The standard InChI is InChI=1S/C23H26N8O3/c1-28(2)11-12-29(3)21-18(31(32)33)13-16(24)22(34-4)20(21)23-25-10-9-19(27-23)30-17-8-6-5-7-15(17)14-26-30/h5-10,13-14H,11-12,24H2,1-4H3. The normalized spacial score (nSPS) is 11.2. The van der Waals surface area contributed by atoms with Crippen LogP contribution in [0.1, 0.15) is 0 Å². The van der Waals surface area contributed by atoms with E-state index in [0.717, 1.165) is 10.9 Å². The second kappa shape index (κ2) is 9.32. The van der Waals surface area contributed by atoms with E-state index in [-0.39, 0.29) is 22.9 Å². The molecule has 0 bridgehead atoms. The van der Waals surface area contributed by atoms with Crippen molar-refractivity contribution >= 4 is 28.0 Å². The monoisotopic (exact) mass is 462 g/mol. The topological polar surface area (TPSA) is 128 Å². The van der Waals surface area contributed by atoms with E-state index in [0.29, 0.717) is 30.2 Å². The van der Waals surface area contributed by atoms with Crippen LogP contribution in [0.4, 0.5) is 17.1 Å². The maximum atomic E-state index is 12.0. The Balaban J connectivity index is 1.94. The number of rotatable bonds is 8. The maximum Gasteiger partial charge on any atom is 0.295 e. The van der Waals surface area contributed by atoms with Gasteiger partial charge < -0.3 is 20.3 Å². The lowest BCUT2D eigenvalue weighted by atomic mass is 10.1. The number of aromatic nitrogens is 4. The number of nitrogen functional groups attached to an aromatic ring is 1. The number of nitrogens with zero attached hydrogens (tertiary/aromatic N) is 7. The molecule has 0 fully saturated rings. The maximum absolute atomic E-state index is 12.0. The molecule has 34 heavy (non-hydrogen) atoms. The molecule has 11 heteroatoms. The number of nitro benzene ring substituents is 1.